The molecule has 0 aliphatic carbocycles. The molecule has 0 saturated carbocycles. The second-order valence-electron chi connectivity index (χ2n) is 7.52. The van der Waals surface area contributed by atoms with Crippen LogP contribution in [0.5, 0.6) is 0 Å². The smallest absolute Gasteiger partial charge is 0.229 e. The van der Waals surface area contributed by atoms with Crippen LogP contribution in [0.2, 0.25) is 0 Å². The van der Waals surface area contributed by atoms with Gasteiger partial charge in [0.25, 0.3) is 0 Å². The Bertz CT molecular complexity index is 1500. The third-order valence-corrected chi connectivity index (χ3v) is 4.99. The summed E-state index contributed by atoms with van der Waals surface area (Å²) in [4.78, 5) is 3.52. The van der Waals surface area contributed by atoms with Gasteiger partial charge in [0.15, 0.2) is 5.82 Å². The van der Waals surface area contributed by atoms with Gasteiger partial charge in [-0.3, -0.25) is 0 Å². The highest BCUT2D eigenvalue weighted by atomic mass is 19.1. The Hall–Kier alpha value is -3.19. The second-order valence-corrected chi connectivity index (χ2v) is 7.52. The SMILES string of the molecule is [2H]C([2H])([2H])c1cc(C)c(-c2cc(C([2H])([2H])C(C)C)c(F)c[n+]2C)c2oc3c([N+]#[C-])cccc3c12. The minimum absolute atomic E-state index is 0.0824. The van der Waals surface area contributed by atoms with Gasteiger partial charge in [0, 0.05) is 29.3 Å². The van der Waals surface area contributed by atoms with Crippen molar-refractivity contribution < 1.29 is 20.2 Å². The third kappa shape index (κ3) is 3.07. The van der Waals surface area contributed by atoms with Crippen LogP contribution in [-0.2, 0) is 13.4 Å². The highest BCUT2D eigenvalue weighted by Gasteiger charge is 2.25. The molecule has 29 heavy (non-hydrogen) atoms. The lowest BCUT2D eigenvalue weighted by molar-refractivity contribution is -0.662. The third-order valence-electron chi connectivity index (χ3n) is 4.99. The number of benzene rings is 2. The fourth-order valence-corrected chi connectivity index (χ4v) is 3.78. The summed E-state index contributed by atoms with van der Waals surface area (Å²) in [6.07, 6.45) is -0.703. The topological polar surface area (TPSA) is 21.4 Å². The number of hydrogen-bond donors (Lipinski definition) is 0. The van der Waals surface area contributed by atoms with Crippen LogP contribution in [-0.4, -0.2) is 0 Å². The lowest BCUT2D eigenvalue weighted by atomic mass is 9.95. The van der Waals surface area contributed by atoms with Gasteiger partial charge in [0.1, 0.15) is 18.2 Å². The minimum atomic E-state index is -2.43. The molecule has 0 fully saturated rings. The molecule has 0 aliphatic rings. The molecular formula is C25H24FN2O+. The van der Waals surface area contributed by atoms with E-state index in [-0.39, 0.29) is 28.0 Å². The second kappa shape index (κ2) is 7.00. The first-order chi connectivity index (χ1) is 15.8. The summed E-state index contributed by atoms with van der Waals surface area (Å²) in [5, 5.41) is 0.886. The molecule has 0 aliphatic heterocycles. The largest absolute Gasteiger partial charge is 0.466 e. The van der Waals surface area contributed by atoms with Crippen LogP contribution in [0.25, 0.3) is 38.0 Å². The summed E-state index contributed by atoms with van der Waals surface area (Å²) in [6.45, 7) is 10.2. The van der Waals surface area contributed by atoms with E-state index in [1.165, 1.54) is 16.8 Å². The zero-order valence-corrected chi connectivity index (χ0v) is 16.7. The molecule has 0 amide bonds. The molecule has 2 aromatic carbocycles. The summed E-state index contributed by atoms with van der Waals surface area (Å²) >= 11 is 0. The van der Waals surface area contributed by atoms with E-state index in [0.29, 0.717) is 27.6 Å². The van der Waals surface area contributed by atoms with Crippen LogP contribution in [0, 0.1) is 32.1 Å². The van der Waals surface area contributed by atoms with E-state index < -0.39 is 25.0 Å². The van der Waals surface area contributed by atoms with E-state index in [9.17, 15) is 4.39 Å². The van der Waals surface area contributed by atoms with Crippen molar-refractivity contribution in [1.29, 1.82) is 0 Å². The maximum atomic E-state index is 14.9. The Morgan fingerprint density at radius 2 is 2.07 bits per heavy atom. The monoisotopic (exact) mass is 392 g/mol. The summed E-state index contributed by atoms with van der Waals surface area (Å²) in [5.41, 5.74) is 2.42. The Kier molecular flexibility index (Phi) is 3.36. The van der Waals surface area contributed by atoms with Crippen molar-refractivity contribution in [3.63, 3.8) is 0 Å². The van der Waals surface area contributed by atoms with Crippen LogP contribution in [0.15, 0.2) is 40.9 Å². The van der Waals surface area contributed by atoms with Crippen molar-refractivity contribution in [2.75, 3.05) is 0 Å². The first kappa shape index (κ1) is 13.9. The molecule has 0 unspecified atom stereocenters. The molecule has 4 aromatic rings. The molecule has 3 nitrogen and oxygen atoms in total. The Labute approximate surface area is 177 Å². The lowest BCUT2D eigenvalue weighted by Crippen LogP contribution is -2.32. The average Bonchev–Trinajstić information content (AvgIpc) is 3.12. The van der Waals surface area contributed by atoms with E-state index in [0.717, 1.165) is 0 Å². The van der Waals surface area contributed by atoms with Gasteiger partial charge in [-0.15, -0.1) is 0 Å². The number of nitrogens with zero attached hydrogens (tertiary/aromatic N) is 2. The van der Waals surface area contributed by atoms with Crippen LogP contribution < -0.4 is 4.57 Å². The van der Waals surface area contributed by atoms with Crippen molar-refractivity contribution in [3.05, 3.63) is 70.5 Å². The maximum Gasteiger partial charge on any atom is 0.229 e. The zero-order chi connectivity index (χ0) is 25.2. The summed E-state index contributed by atoms with van der Waals surface area (Å²) in [5.74, 6) is -1.15. The standard InChI is InChI=1S/C25H24FN2O/c1-14(2)10-17-12-21(28(6)13-19(17)26)23-16(4)11-15(3)22-18-8-7-9-20(27-5)24(18)29-25(22)23/h7-9,11-14H,10H2,1-4,6H3/q+1/i3D3,10D2. The number of furan rings is 1. The van der Waals surface area contributed by atoms with E-state index in [4.69, 9.17) is 17.8 Å². The number of aromatic nitrogens is 1. The normalized spacial score (nSPS) is 15.0. The number of aryl methyl sites for hydroxylation is 3. The molecule has 0 saturated heterocycles. The highest BCUT2D eigenvalue weighted by Crippen LogP contribution is 2.42. The first-order valence-electron chi connectivity index (χ1n) is 11.9. The maximum absolute atomic E-state index is 14.9. The molecule has 0 N–H and O–H groups in total. The van der Waals surface area contributed by atoms with E-state index in [1.807, 2.05) is 0 Å². The van der Waals surface area contributed by atoms with Gasteiger partial charge < -0.3 is 4.42 Å². The molecule has 4 heteroatoms. The molecule has 0 bridgehead atoms. The van der Waals surface area contributed by atoms with E-state index >= 15 is 0 Å². The van der Waals surface area contributed by atoms with E-state index in [2.05, 4.69) is 4.85 Å². The van der Waals surface area contributed by atoms with Gasteiger partial charge >= 0.3 is 0 Å². The van der Waals surface area contributed by atoms with Crippen LogP contribution >= 0.6 is 0 Å². The van der Waals surface area contributed by atoms with Crippen LogP contribution in [0.1, 0.15) is 37.4 Å². The van der Waals surface area contributed by atoms with Crippen LogP contribution in [0.4, 0.5) is 10.1 Å². The predicted octanol–water partition coefficient (Wildman–Crippen LogP) is 6.58. The molecule has 4 rings (SSSR count). The van der Waals surface area contributed by atoms with Gasteiger partial charge in [0.05, 0.1) is 12.1 Å². The Morgan fingerprint density at radius 1 is 1.28 bits per heavy atom. The van der Waals surface area contributed by atoms with Gasteiger partial charge in [-0.05, 0) is 37.2 Å². The fourth-order valence-electron chi connectivity index (χ4n) is 3.78. The number of para-hydroxylation sites is 1. The van der Waals surface area contributed by atoms with E-state index in [1.54, 1.807) is 52.1 Å². The Balaban J connectivity index is 2.20. The van der Waals surface area contributed by atoms with Crippen molar-refractivity contribution in [2.24, 2.45) is 13.0 Å². The average molecular weight is 393 g/mol. The van der Waals surface area contributed by atoms with Crippen molar-refractivity contribution in [1.82, 2.24) is 0 Å². The quantitative estimate of drug-likeness (QED) is 0.285. The molecule has 146 valence electrons. The highest BCUT2D eigenvalue weighted by molar-refractivity contribution is 6.14. The first-order valence-corrected chi connectivity index (χ1v) is 9.35. The number of rotatable bonds is 3. The van der Waals surface area contributed by atoms with Gasteiger partial charge in [-0.1, -0.05) is 38.1 Å². The minimum Gasteiger partial charge on any atom is -0.466 e. The number of pyridine rings is 1. The zero-order valence-electron chi connectivity index (χ0n) is 21.7. The fraction of sp³-hybridized carbons (Fsp3) is 0.280. The number of hydrogen-bond acceptors (Lipinski definition) is 1. The Morgan fingerprint density at radius 3 is 2.76 bits per heavy atom. The summed E-state index contributed by atoms with van der Waals surface area (Å²) in [7, 11) is 1.64. The summed E-state index contributed by atoms with van der Waals surface area (Å²) < 4.78 is 63.8. The van der Waals surface area contributed by atoms with Crippen molar-refractivity contribution in [2.45, 2.75) is 34.0 Å². The summed E-state index contributed by atoms with van der Waals surface area (Å²) in [6, 6.07) is 8.05. The van der Waals surface area contributed by atoms with Crippen molar-refractivity contribution in [3.8, 4) is 11.3 Å². The molecule has 0 atom stereocenters. The molecule has 0 radical (unpaired) electrons. The lowest BCUT2D eigenvalue weighted by Gasteiger charge is -2.11. The molecular weight excluding hydrogens is 363 g/mol. The predicted molar refractivity (Wildman–Crippen MR) is 115 cm³/mol. The molecule has 2 heterocycles. The number of fused-ring (bicyclic) bond motifs is 3. The van der Waals surface area contributed by atoms with Gasteiger partial charge in [0.2, 0.25) is 17.6 Å². The van der Waals surface area contributed by atoms with Crippen LogP contribution in [0.3, 0.4) is 0 Å². The van der Waals surface area contributed by atoms with Crippen molar-refractivity contribution >= 4 is 27.6 Å². The molecule has 2 aromatic heterocycles. The number of halogens is 1. The van der Waals surface area contributed by atoms with Gasteiger partial charge in [-0.25, -0.2) is 9.24 Å². The molecule has 0 spiro atoms. The van der Waals surface area contributed by atoms with Gasteiger partial charge in [-0.2, -0.15) is 4.57 Å².